The van der Waals surface area contributed by atoms with Crippen molar-refractivity contribution in [3.8, 4) is 11.1 Å². The molecule has 0 aliphatic heterocycles. The predicted molar refractivity (Wildman–Crippen MR) is 118 cm³/mol. The second-order valence-corrected chi connectivity index (χ2v) is 8.13. The zero-order valence-corrected chi connectivity index (χ0v) is 17.4. The molecule has 1 aliphatic rings. The average molecular weight is 451 g/mol. The molecule has 2 aromatic heterocycles. The highest BCUT2D eigenvalue weighted by atomic mass is 19.4. The van der Waals surface area contributed by atoms with E-state index in [1.165, 1.54) is 12.1 Å². The Morgan fingerprint density at radius 2 is 1.64 bits per heavy atom. The van der Waals surface area contributed by atoms with Gasteiger partial charge >= 0.3 is 6.18 Å². The second-order valence-electron chi connectivity index (χ2n) is 8.13. The van der Waals surface area contributed by atoms with E-state index in [9.17, 15) is 23.1 Å². The van der Waals surface area contributed by atoms with Crippen molar-refractivity contribution in [2.75, 3.05) is 5.32 Å². The number of carbonyl (C=O) groups excluding carboxylic acids is 1. The van der Waals surface area contributed by atoms with Crippen LogP contribution in [0.5, 0.6) is 0 Å². The van der Waals surface area contributed by atoms with Crippen molar-refractivity contribution in [3.63, 3.8) is 0 Å². The fourth-order valence-electron chi connectivity index (χ4n) is 3.90. The van der Waals surface area contributed by atoms with Crippen molar-refractivity contribution in [1.29, 1.82) is 0 Å². The summed E-state index contributed by atoms with van der Waals surface area (Å²) >= 11 is 0. The van der Waals surface area contributed by atoms with Crippen LogP contribution in [0.2, 0.25) is 0 Å². The summed E-state index contributed by atoms with van der Waals surface area (Å²) < 4.78 is 40.0. The van der Waals surface area contributed by atoms with E-state index in [1.54, 1.807) is 47.0 Å². The van der Waals surface area contributed by atoms with Gasteiger partial charge in [0.1, 0.15) is 5.65 Å². The van der Waals surface area contributed by atoms with Crippen molar-refractivity contribution >= 4 is 17.2 Å². The minimum atomic E-state index is -4.38. The van der Waals surface area contributed by atoms with Crippen LogP contribution in [-0.4, -0.2) is 20.4 Å². The number of nitrogens with zero attached hydrogens (tertiary/aromatic N) is 2. The lowest BCUT2D eigenvalue weighted by molar-refractivity contribution is -0.137. The van der Waals surface area contributed by atoms with Gasteiger partial charge in [-0.15, -0.1) is 0 Å². The van der Waals surface area contributed by atoms with E-state index in [0.717, 1.165) is 42.0 Å². The number of hydrogen-bond donors (Lipinski definition) is 2. The molecular formula is C25H20F3N3O2. The van der Waals surface area contributed by atoms with Crippen LogP contribution in [0.1, 0.15) is 46.1 Å². The minimum absolute atomic E-state index is 0.129. The molecule has 5 nitrogen and oxygen atoms in total. The molecule has 0 radical (unpaired) electrons. The summed E-state index contributed by atoms with van der Waals surface area (Å²) in [6.07, 6.45) is -0.488. The molecule has 0 bridgehead atoms. The van der Waals surface area contributed by atoms with Crippen LogP contribution in [0.4, 0.5) is 18.9 Å². The van der Waals surface area contributed by atoms with Gasteiger partial charge in [-0.05, 0) is 60.4 Å². The number of carbonyl (C=O) groups is 1. The fourth-order valence-corrected chi connectivity index (χ4v) is 3.90. The van der Waals surface area contributed by atoms with Gasteiger partial charge in [0, 0.05) is 17.7 Å². The third-order valence-corrected chi connectivity index (χ3v) is 5.81. The van der Waals surface area contributed by atoms with Gasteiger partial charge in [-0.2, -0.15) is 13.2 Å². The van der Waals surface area contributed by atoms with Gasteiger partial charge in [0.2, 0.25) is 0 Å². The van der Waals surface area contributed by atoms with Gasteiger partial charge in [0.15, 0.2) is 0 Å². The number of aliphatic hydroxyl groups excluding tert-OH is 1. The molecule has 0 saturated heterocycles. The lowest BCUT2D eigenvalue weighted by Crippen LogP contribution is -2.12. The maximum Gasteiger partial charge on any atom is 0.416 e. The van der Waals surface area contributed by atoms with E-state index in [-0.39, 0.29) is 12.5 Å². The SMILES string of the molecule is O=C(Nc1ccc2nc(C3CC3)c(CO)n2c1)c1ccc(-c2ccc(C(F)(F)F)cc2)cc1. The Morgan fingerprint density at radius 3 is 2.21 bits per heavy atom. The van der Waals surface area contributed by atoms with Crippen molar-refractivity contribution in [2.24, 2.45) is 0 Å². The molecule has 2 N–H and O–H groups in total. The van der Waals surface area contributed by atoms with Crippen molar-refractivity contribution in [3.05, 3.63) is 89.4 Å². The Hall–Kier alpha value is -3.65. The number of alkyl halides is 3. The molecule has 5 rings (SSSR count). The lowest BCUT2D eigenvalue weighted by atomic mass is 10.0. The molecule has 2 heterocycles. The van der Waals surface area contributed by atoms with E-state index >= 15 is 0 Å². The number of nitrogens with one attached hydrogen (secondary N) is 1. The highest BCUT2D eigenvalue weighted by Crippen LogP contribution is 2.41. The normalized spacial score (nSPS) is 13.9. The van der Waals surface area contributed by atoms with Gasteiger partial charge in [-0.25, -0.2) is 4.98 Å². The molecule has 8 heteroatoms. The highest BCUT2D eigenvalue weighted by molar-refractivity contribution is 6.04. The first-order valence-electron chi connectivity index (χ1n) is 10.5. The highest BCUT2D eigenvalue weighted by Gasteiger charge is 2.30. The second kappa shape index (κ2) is 8.04. The molecular weight excluding hydrogens is 431 g/mol. The summed E-state index contributed by atoms with van der Waals surface area (Å²) in [5, 5.41) is 12.6. The molecule has 0 unspecified atom stereocenters. The molecule has 0 spiro atoms. The number of halogens is 3. The number of amides is 1. The zero-order valence-electron chi connectivity index (χ0n) is 17.4. The van der Waals surface area contributed by atoms with Crippen molar-refractivity contribution in [1.82, 2.24) is 9.38 Å². The smallest absolute Gasteiger partial charge is 0.390 e. The first-order valence-corrected chi connectivity index (χ1v) is 10.5. The van der Waals surface area contributed by atoms with Crippen LogP contribution in [0.15, 0.2) is 66.9 Å². The van der Waals surface area contributed by atoms with Gasteiger partial charge in [-0.1, -0.05) is 24.3 Å². The van der Waals surface area contributed by atoms with Crippen molar-refractivity contribution in [2.45, 2.75) is 31.5 Å². The first-order chi connectivity index (χ1) is 15.8. The standard InChI is InChI=1S/C25H20F3N3O2/c26-25(27,28)19-9-7-16(8-10-19)15-1-5-18(6-2-15)24(33)29-20-11-12-22-30-23(17-3-4-17)21(14-32)31(22)13-20/h1-2,5-13,17,32H,3-4,14H2,(H,29,33). The van der Waals surface area contributed by atoms with Crippen LogP contribution >= 0.6 is 0 Å². The van der Waals surface area contributed by atoms with Gasteiger partial charge in [0.05, 0.1) is 29.2 Å². The Balaban J connectivity index is 1.33. The Kier molecular flexibility index (Phi) is 5.17. The largest absolute Gasteiger partial charge is 0.416 e. The summed E-state index contributed by atoms with van der Waals surface area (Å²) in [6.45, 7) is -0.129. The molecule has 1 fully saturated rings. The summed E-state index contributed by atoms with van der Waals surface area (Å²) in [7, 11) is 0. The molecule has 2 aromatic carbocycles. The maximum atomic E-state index is 12.7. The van der Waals surface area contributed by atoms with E-state index in [2.05, 4.69) is 10.3 Å². The Labute approximate surface area is 187 Å². The Morgan fingerprint density at radius 1 is 1.00 bits per heavy atom. The molecule has 1 aliphatic carbocycles. The van der Waals surface area contributed by atoms with E-state index in [0.29, 0.717) is 28.3 Å². The number of aromatic nitrogens is 2. The lowest BCUT2D eigenvalue weighted by Gasteiger charge is -2.09. The summed E-state index contributed by atoms with van der Waals surface area (Å²) in [6, 6.07) is 15.1. The molecule has 168 valence electrons. The minimum Gasteiger partial charge on any atom is -0.390 e. The third kappa shape index (κ3) is 4.21. The number of anilines is 1. The molecule has 0 atom stereocenters. The number of rotatable bonds is 5. The fraction of sp³-hybridized carbons (Fsp3) is 0.200. The average Bonchev–Trinajstić information content (AvgIpc) is 3.59. The quantitative estimate of drug-likeness (QED) is 0.413. The number of benzene rings is 2. The topological polar surface area (TPSA) is 66.6 Å². The van der Waals surface area contributed by atoms with Crippen LogP contribution < -0.4 is 5.32 Å². The van der Waals surface area contributed by atoms with E-state index in [4.69, 9.17) is 0 Å². The third-order valence-electron chi connectivity index (χ3n) is 5.81. The zero-order chi connectivity index (χ0) is 23.2. The molecule has 1 saturated carbocycles. The number of hydrogen-bond acceptors (Lipinski definition) is 3. The number of aliphatic hydroxyl groups is 1. The first kappa shape index (κ1) is 21.2. The summed E-state index contributed by atoms with van der Waals surface area (Å²) in [5.41, 5.74) is 3.99. The van der Waals surface area contributed by atoms with Gasteiger partial charge in [0.25, 0.3) is 5.91 Å². The number of pyridine rings is 1. The monoisotopic (exact) mass is 451 g/mol. The Bertz CT molecular complexity index is 1320. The van der Waals surface area contributed by atoms with Crippen molar-refractivity contribution < 1.29 is 23.1 Å². The summed E-state index contributed by atoms with van der Waals surface area (Å²) in [5.74, 6) is 0.0784. The van der Waals surface area contributed by atoms with E-state index in [1.807, 2.05) is 0 Å². The molecule has 4 aromatic rings. The number of fused-ring (bicyclic) bond motifs is 1. The van der Waals surface area contributed by atoms with Crippen LogP contribution in [0, 0.1) is 0 Å². The maximum absolute atomic E-state index is 12.7. The van der Waals surface area contributed by atoms with Gasteiger partial charge in [-0.3, -0.25) is 9.20 Å². The summed E-state index contributed by atoms with van der Waals surface area (Å²) in [4.78, 5) is 17.3. The van der Waals surface area contributed by atoms with E-state index < -0.39 is 11.7 Å². The van der Waals surface area contributed by atoms with Gasteiger partial charge < -0.3 is 10.4 Å². The number of imidazole rings is 1. The molecule has 33 heavy (non-hydrogen) atoms. The molecule has 1 amide bonds. The van der Waals surface area contributed by atoms with Crippen LogP contribution in [0.3, 0.4) is 0 Å². The predicted octanol–water partition coefficient (Wildman–Crippen LogP) is 5.64. The van der Waals surface area contributed by atoms with Crippen LogP contribution in [-0.2, 0) is 12.8 Å². The van der Waals surface area contributed by atoms with Crippen LogP contribution in [0.25, 0.3) is 16.8 Å².